The minimum Gasteiger partial charge on any atom is -0.354 e. The molecule has 1 N–H and O–H groups in total. The Balaban J connectivity index is 1.94. The average Bonchev–Trinajstić information content (AvgIpc) is 2.81. The van der Waals surface area contributed by atoms with Crippen molar-refractivity contribution in [1.29, 1.82) is 0 Å². The lowest BCUT2D eigenvalue weighted by Gasteiger charge is -2.20. The Bertz CT molecular complexity index is 567. The maximum Gasteiger partial charge on any atom is 0.147 e. The fourth-order valence-electron chi connectivity index (χ4n) is 1.90. The first-order chi connectivity index (χ1) is 9.83. The summed E-state index contributed by atoms with van der Waals surface area (Å²) in [6, 6.07) is 0. The number of rotatable bonds is 5. The summed E-state index contributed by atoms with van der Waals surface area (Å²) >= 11 is 0. The van der Waals surface area contributed by atoms with E-state index in [9.17, 15) is 0 Å². The summed E-state index contributed by atoms with van der Waals surface area (Å²) in [5.74, 6) is 0.860. The topological polar surface area (TPSA) is 58.9 Å². The molecular weight excluding hydrogens is 264 g/mol. The molecule has 0 aliphatic rings. The largest absolute Gasteiger partial charge is 0.354 e. The zero-order chi connectivity index (χ0) is 15.5. The van der Waals surface area contributed by atoms with Gasteiger partial charge in [0, 0.05) is 44.5 Å². The molecule has 2 aromatic heterocycles. The van der Waals surface area contributed by atoms with Gasteiger partial charge in [0.15, 0.2) is 0 Å². The lowest BCUT2D eigenvalue weighted by Crippen LogP contribution is -2.35. The SMILES string of the molecule is CN(Cc1cnn(C)c1)c1cnc(CNC(C)(C)C)cn1. The van der Waals surface area contributed by atoms with Crippen molar-refractivity contribution < 1.29 is 0 Å². The highest BCUT2D eigenvalue weighted by Crippen LogP contribution is 2.11. The maximum absolute atomic E-state index is 4.48. The number of nitrogens with zero attached hydrogens (tertiary/aromatic N) is 5. The zero-order valence-electron chi connectivity index (χ0n) is 13.5. The van der Waals surface area contributed by atoms with Crippen LogP contribution in [-0.2, 0) is 20.1 Å². The highest BCUT2D eigenvalue weighted by molar-refractivity contribution is 5.35. The lowest BCUT2D eigenvalue weighted by atomic mass is 10.1. The second kappa shape index (κ2) is 6.22. The fourth-order valence-corrected chi connectivity index (χ4v) is 1.90. The van der Waals surface area contributed by atoms with Crippen molar-refractivity contribution in [3.8, 4) is 0 Å². The first-order valence-corrected chi connectivity index (χ1v) is 7.08. The molecule has 0 fully saturated rings. The predicted molar refractivity (Wildman–Crippen MR) is 83.9 cm³/mol. The van der Waals surface area contributed by atoms with Crippen molar-refractivity contribution in [3.05, 3.63) is 36.0 Å². The van der Waals surface area contributed by atoms with Crippen LogP contribution in [0, 0.1) is 0 Å². The Labute approximate surface area is 126 Å². The van der Waals surface area contributed by atoms with Gasteiger partial charge in [-0.1, -0.05) is 0 Å². The quantitative estimate of drug-likeness (QED) is 0.908. The second-order valence-electron chi connectivity index (χ2n) is 6.35. The monoisotopic (exact) mass is 288 g/mol. The third-order valence-electron chi connectivity index (χ3n) is 3.06. The fraction of sp³-hybridized carbons (Fsp3) is 0.533. The van der Waals surface area contributed by atoms with E-state index in [1.165, 1.54) is 0 Å². The Hall–Kier alpha value is -1.95. The molecule has 2 heterocycles. The van der Waals surface area contributed by atoms with E-state index in [0.29, 0.717) is 0 Å². The van der Waals surface area contributed by atoms with Crippen LogP contribution >= 0.6 is 0 Å². The van der Waals surface area contributed by atoms with Crippen LogP contribution in [0.2, 0.25) is 0 Å². The maximum atomic E-state index is 4.48. The highest BCUT2D eigenvalue weighted by atomic mass is 15.2. The van der Waals surface area contributed by atoms with E-state index in [1.807, 2.05) is 38.9 Å². The molecule has 0 unspecified atom stereocenters. The smallest absolute Gasteiger partial charge is 0.147 e. The van der Waals surface area contributed by atoms with Crippen molar-refractivity contribution in [2.75, 3.05) is 11.9 Å². The molecule has 0 aliphatic carbocycles. The summed E-state index contributed by atoms with van der Waals surface area (Å²) < 4.78 is 1.80. The van der Waals surface area contributed by atoms with Gasteiger partial charge in [-0.2, -0.15) is 5.10 Å². The van der Waals surface area contributed by atoms with Gasteiger partial charge in [0.25, 0.3) is 0 Å². The third kappa shape index (κ3) is 4.82. The molecule has 2 aromatic rings. The van der Waals surface area contributed by atoms with Gasteiger partial charge in [-0.15, -0.1) is 0 Å². The summed E-state index contributed by atoms with van der Waals surface area (Å²) in [5.41, 5.74) is 2.18. The number of aromatic nitrogens is 4. The van der Waals surface area contributed by atoms with Gasteiger partial charge < -0.3 is 10.2 Å². The van der Waals surface area contributed by atoms with Crippen LogP contribution in [0.3, 0.4) is 0 Å². The van der Waals surface area contributed by atoms with Crippen molar-refractivity contribution in [3.63, 3.8) is 0 Å². The van der Waals surface area contributed by atoms with E-state index in [-0.39, 0.29) is 5.54 Å². The van der Waals surface area contributed by atoms with Gasteiger partial charge in [0.1, 0.15) is 5.82 Å². The number of hydrogen-bond donors (Lipinski definition) is 1. The number of hydrogen-bond acceptors (Lipinski definition) is 5. The van der Waals surface area contributed by atoms with E-state index in [2.05, 4.69) is 46.1 Å². The summed E-state index contributed by atoms with van der Waals surface area (Å²) in [5, 5.41) is 7.57. The molecule has 6 nitrogen and oxygen atoms in total. The number of anilines is 1. The molecule has 0 aliphatic heterocycles. The standard InChI is InChI=1S/C15H24N6/c1-15(2,3)18-8-13-7-17-14(9-16-13)20(4)10-12-6-19-21(5)11-12/h6-7,9,11,18H,8,10H2,1-5H3. The molecule has 0 saturated carbocycles. The average molecular weight is 288 g/mol. The van der Waals surface area contributed by atoms with Gasteiger partial charge in [0.2, 0.25) is 0 Å². The molecule has 0 saturated heterocycles. The Morgan fingerprint density at radius 3 is 2.48 bits per heavy atom. The van der Waals surface area contributed by atoms with E-state index >= 15 is 0 Å². The van der Waals surface area contributed by atoms with Crippen LogP contribution in [0.1, 0.15) is 32.0 Å². The van der Waals surface area contributed by atoms with Crippen LogP contribution < -0.4 is 10.2 Å². The van der Waals surface area contributed by atoms with Crippen LogP contribution in [0.15, 0.2) is 24.8 Å². The van der Waals surface area contributed by atoms with Gasteiger partial charge in [-0.05, 0) is 20.8 Å². The predicted octanol–water partition coefficient (Wildman–Crippen LogP) is 1.73. The normalized spacial score (nSPS) is 11.7. The minimum absolute atomic E-state index is 0.0808. The van der Waals surface area contributed by atoms with Gasteiger partial charge in [-0.3, -0.25) is 9.67 Å². The Morgan fingerprint density at radius 2 is 1.95 bits per heavy atom. The Morgan fingerprint density at radius 1 is 1.19 bits per heavy atom. The minimum atomic E-state index is 0.0808. The third-order valence-corrected chi connectivity index (χ3v) is 3.06. The second-order valence-corrected chi connectivity index (χ2v) is 6.35. The zero-order valence-corrected chi connectivity index (χ0v) is 13.5. The molecule has 0 atom stereocenters. The van der Waals surface area contributed by atoms with Crippen LogP contribution in [0.25, 0.3) is 0 Å². The number of nitrogens with one attached hydrogen (secondary N) is 1. The molecule has 0 radical (unpaired) electrons. The molecule has 6 heteroatoms. The lowest BCUT2D eigenvalue weighted by molar-refractivity contribution is 0.421. The van der Waals surface area contributed by atoms with E-state index in [4.69, 9.17) is 0 Å². The molecule has 0 bridgehead atoms. The van der Waals surface area contributed by atoms with E-state index in [1.54, 1.807) is 4.68 Å². The van der Waals surface area contributed by atoms with Gasteiger partial charge >= 0.3 is 0 Å². The highest BCUT2D eigenvalue weighted by Gasteiger charge is 2.10. The molecule has 21 heavy (non-hydrogen) atoms. The van der Waals surface area contributed by atoms with Crippen LogP contribution in [0.4, 0.5) is 5.82 Å². The van der Waals surface area contributed by atoms with E-state index < -0.39 is 0 Å². The van der Waals surface area contributed by atoms with Crippen molar-refractivity contribution in [1.82, 2.24) is 25.1 Å². The number of aryl methyl sites for hydroxylation is 1. The van der Waals surface area contributed by atoms with Crippen molar-refractivity contribution in [2.45, 2.75) is 39.4 Å². The van der Waals surface area contributed by atoms with Crippen molar-refractivity contribution >= 4 is 5.82 Å². The Kier molecular flexibility index (Phi) is 4.57. The molecule has 114 valence electrons. The molecule has 0 amide bonds. The molecule has 0 spiro atoms. The van der Waals surface area contributed by atoms with Gasteiger partial charge in [0.05, 0.1) is 24.3 Å². The summed E-state index contributed by atoms with van der Waals surface area (Å²) in [7, 11) is 3.92. The summed E-state index contributed by atoms with van der Waals surface area (Å²) in [6.07, 6.45) is 7.51. The summed E-state index contributed by atoms with van der Waals surface area (Å²) in [6.45, 7) is 7.90. The molecular formula is C15H24N6. The van der Waals surface area contributed by atoms with Crippen LogP contribution in [0.5, 0.6) is 0 Å². The first-order valence-electron chi connectivity index (χ1n) is 7.08. The van der Waals surface area contributed by atoms with Crippen LogP contribution in [-0.4, -0.2) is 32.3 Å². The summed E-state index contributed by atoms with van der Waals surface area (Å²) in [4.78, 5) is 11.0. The van der Waals surface area contributed by atoms with Crippen molar-refractivity contribution in [2.24, 2.45) is 7.05 Å². The first kappa shape index (κ1) is 15.4. The molecule has 0 aromatic carbocycles. The van der Waals surface area contributed by atoms with E-state index in [0.717, 1.165) is 30.2 Å². The molecule has 2 rings (SSSR count). The van der Waals surface area contributed by atoms with Gasteiger partial charge in [-0.25, -0.2) is 4.98 Å².